The number of carbonyl (C=O) groups excluding carboxylic acids is 1. The first kappa shape index (κ1) is 18.6. The lowest BCUT2D eigenvalue weighted by atomic mass is 9.77. The molecule has 0 aromatic rings. The monoisotopic (exact) mass is 298 g/mol. The molecular formula is C13H25ClF2N2O. The standard InChI is InChI=1S/C13H24F2N2O.ClH/c1-10(2)7-12(5-3-4-6-12)11(18)17-9-13(14,15)8-16;/h10H,3-9,16H2,1-2H3,(H,17,18);1H. The summed E-state index contributed by atoms with van der Waals surface area (Å²) in [5.41, 5.74) is 4.53. The van der Waals surface area contributed by atoms with Gasteiger partial charge in [-0.1, -0.05) is 26.7 Å². The third-order valence-corrected chi connectivity index (χ3v) is 3.65. The highest BCUT2D eigenvalue weighted by Crippen LogP contribution is 2.43. The molecule has 0 unspecified atom stereocenters. The molecule has 0 spiro atoms. The van der Waals surface area contributed by atoms with Crippen LogP contribution in [0.5, 0.6) is 0 Å². The number of amides is 1. The van der Waals surface area contributed by atoms with Gasteiger partial charge in [0.1, 0.15) is 0 Å². The summed E-state index contributed by atoms with van der Waals surface area (Å²) in [6, 6.07) is 0. The van der Waals surface area contributed by atoms with Crippen LogP contribution in [-0.2, 0) is 4.79 Å². The van der Waals surface area contributed by atoms with Crippen LogP contribution in [0.1, 0.15) is 46.0 Å². The zero-order valence-electron chi connectivity index (χ0n) is 11.7. The van der Waals surface area contributed by atoms with Crippen molar-refractivity contribution in [3.8, 4) is 0 Å². The van der Waals surface area contributed by atoms with Gasteiger partial charge in [0.2, 0.25) is 5.91 Å². The normalized spacial score (nSPS) is 18.2. The molecule has 3 nitrogen and oxygen atoms in total. The fourth-order valence-corrected chi connectivity index (χ4v) is 2.83. The zero-order chi connectivity index (χ0) is 13.8. The average Bonchev–Trinajstić information content (AvgIpc) is 2.75. The topological polar surface area (TPSA) is 55.1 Å². The maximum atomic E-state index is 13.0. The first-order chi connectivity index (χ1) is 8.31. The van der Waals surface area contributed by atoms with E-state index in [1.807, 2.05) is 0 Å². The van der Waals surface area contributed by atoms with E-state index in [1.54, 1.807) is 0 Å². The van der Waals surface area contributed by atoms with Crippen molar-refractivity contribution in [1.29, 1.82) is 0 Å². The molecule has 1 rings (SSSR count). The Morgan fingerprint density at radius 2 is 1.89 bits per heavy atom. The first-order valence-corrected chi connectivity index (χ1v) is 6.67. The summed E-state index contributed by atoms with van der Waals surface area (Å²) in [7, 11) is 0. The fourth-order valence-electron chi connectivity index (χ4n) is 2.83. The maximum absolute atomic E-state index is 13.0. The van der Waals surface area contributed by atoms with E-state index in [2.05, 4.69) is 19.2 Å². The Bertz CT molecular complexity index is 292. The molecule has 19 heavy (non-hydrogen) atoms. The molecule has 0 atom stereocenters. The summed E-state index contributed by atoms with van der Waals surface area (Å²) >= 11 is 0. The van der Waals surface area contributed by atoms with Gasteiger partial charge in [-0.25, -0.2) is 8.78 Å². The summed E-state index contributed by atoms with van der Waals surface area (Å²) in [6.45, 7) is 2.73. The molecule has 0 saturated heterocycles. The molecule has 6 heteroatoms. The van der Waals surface area contributed by atoms with Gasteiger partial charge in [-0.05, 0) is 25.2 Å². The van der Waals surface area contributed by atoms with Crippen molar-refractivity contribution in [2.45, 2.75) is 51.9 Å². The minimum atomic E-state index is -3.01. The van der Waals surface area contributed by atoms with E-state index in [1.165, 1.54) is 0 Å². The van der Waals surface area contributed by atoms with E-state index >= 15 is 0 Å². The molecule has 0 aliphatic heterocycles. The number of hydrogen-bond donors (Lipinski definition) is 2. The van der Waals surface area contributed by atoms with Gasteiger partial charge in [-0.3, -0.25) is 4.79 Å². The Morgan fingerprint density at radius 1 is 1.37 bits per heavy atom. The zero-order valence-corrected chi connectivity index (χ0v) is 12.5. The number of rotatable bonds is 6. The highest BCUT2D eigenvalue weighted by atomic mass is 35.5. The van der Waals surface area contributed by atoms with Crippen molar-refractivity contribution in [3.63, 3.8) is 0 Å². The van der Waals surface area contributed by atoms with Crippen molar-refractivity contribution < 1.29 is 13.6 Å². The molecule has 1 aliphatic rings. The van der Waals surface area contributed by atoms with Crippen molar-refractivity contribution >= 4 is 18.3 Å². The lowest BCUT2D eigenvalue weighted by molar-refractivity contribution is -0.133. The van der Waals surface area contributed by atoms with Gasteiger partial charge >= 0.3 is 0 Å². The molecule has 0 radical (unpaired) electrons. The van der Waals surface area contributed by atoms with Crippen LogP contribution in [0.3, 0.4) is 0 Å². The van der Waals surface area contributed by atoms with Gasteiger partial charge in [-0.15, -0.1) is 12.4 Å². The van der Waals surface area contributed by atoms with Crippen LogP contribution in [0.4, 0.5) is 8.78 Å². The molecule has 1 saturated carbocycles. The predicted molar refractivity (Wildman–Crippen MR) is 74.6 cm³/mol. The average molecular weight is 299 g/mol. The Balaban J connectivity index is 0.00000324. The molecular weight excluding hydrogens is 274 g/mol. The lowest BCUT2D eigenvalue weighted by Gasteiger charge is -2.30. The third kappa shape index (κ3) is 5.22. The molecule has 3 N–H and O–H groups in total. The smallest absolute Gasteiger partial charge is 0.277 e. The minimum absolute atomic E-state index is 0. The first-order valence-electron chi connectivity index (χ1n) is 6.67. The molecule has 0 aromatic carbocycles. The molecule has 0 aromatic heterocycles. The van der Waals surface area contributed by atoms with Crippen molar-refractivity contribution in [2.24, 2.45) is 17.1 Å². The number of hydrogen-bond acceptors (Lipinski definition) is 2. The van der Waals surface area contributed by atoms with Crippen molar-refractivity contribution in [1.82, 2.24) is 5.32 Å². The number of alkyl halides is 2. The molecule has 1 amide bonds. The van der Waals surface area contributed by atoms with Crippen LogP contribution in [0, 0.1) is 11.3 Å². The van der Waals surface area contributed by atoms with E-state index in [4.69, 9.17) is 5.73 Å². The maximum Gasteiger partial charge on any atom is 0.277 e. The minimum Gasteiger partial charge on any atom is -0.350 e. The molecule has 114 valence electrons. The fraction of sp³-hybridized carbons (Fsp3) is 0.923. The van der Waals surface area contributed by atoms with E-state index in [-0.39, 0.29) is 18.3 Å². The quantitative estimate of drug-likeness (QED) is 0.792. The number of carbonyl (C=O) groups is 1. The summed E-state index contributed by atoms with van der Waals surface area (Å²) in [6.07, 6.45) is 4.41. The highest BCUT2D eigenvalue weighted by molar-refractivity contribution is 5.85. The van der Waals surface area contributed by atoms with E-state index < -0.39 is 24.4 Å². The molecule has 0 heterocycles. The van der Waals surface area contributed by atoms with Crippen LogP contribution >= 0.6 is 12.4 Å². The van der Waals surface area contributed by atoms with Crippen molar-refractivity contribution in [3.05, 3.63) is 0 Å². The van der Waals surface area contributed by atoms with Gasteiger partial charge in [-0.2, -0.15) is 0 Å². The molecule has 1 fully saturated rings. The second-order valence-electron chi connectivity index (χ2n) is 5.83. The Morgan fingerprint density at radius 3 is 2.32 bits per heavy atom. The van der Waals surface area contributed by atoms with Gasteiger partial charge in [0.25, 0.3) is 5.92 Å². The largest absolute Gasteiger partial charge is 0.350 e. The van der Waals surface area contributed by atoms with Gasteiger partial charge in [0.05, 0.1) is 13.1 Å². The van der Waals surface area contributed by atoms with E-state index in [9.17, 15) is 13.6 Å². The van der Waals surface area contributed by atoms with Gasteiger partial charge in [0.15, 0.2) is 0 Å². The Kier molecular flexibility index (Phi) is 7.22. The van der Waals surface area contributed by atoms with Gasteiger partial charge in [0, 0.05) is 5.41 Å². The van der Waals surface area contributed by atoms with Crippen LogP contribution in [0.15, 0.2) is 0 Å². The summed E-state index contributed by atoms with van der Waals surface area (Å²) in [5, 5.41) is 2.39. The van der Waals surface area contributed by atoms with Crippen LogP contribution in [0.2, 0.25) is 0 Å². The van der Waals surface area contributed by atoms with E-state index in [0.29, 0.717) is 5.92 Å². The molecule has 0 bridgehead atoms. The summed E-state index contributed by atoms with van der Waals surface area (Å²) in [4.78, 5) is 12.2. The molecule has 1 aliphatic carbocycles. The lowest BCUT2D eigenvalue weighted by Crippen LogP contribution is -2.47. The summed E-state index contributed by atoms with van der Waals surface area (Å²) in [5.74, 6) is -2.83. The predicted octanol–water partition coefficient (Wildman–Crippen LogP) is 2.72. The number of halogens is 3. The second-order valence-corrected chi connectivity index (χ2v) is 5.83. The summed E-state index contributed by atoms with van der Waals surface area (Å²) < 4.78 is 26.1. The highest BCUT2D eigenvalue weighted by Gasteiger charge is 2.42. The Hall–Kier alpha value is -0.420. The number of nitrogens with two attached hydrogens (primary N) is 1. The Labute approximate surface area is 120 Å². The van der Waals surface area contributed by atoms with Crippen molar-refractivity contribution in [2.75, 3.05) is 13.1 Å². The van der Waals surface area contributed by atoms with E-state index in [0.717, 1.165) is 32.1 Å². The van der Waals surface area contributed by atoms with Crippen LogP contribution in [-0.4, -0.2) is 24.9 Å². The van der Waals surface area contributed by atoms with Crippen LogP contribution < -0.4 is 11.1 Å². The third-order valence-electron chi connectivity index (χ3n) is 3.65. The van der Waals surface area contributed by atoms with Crippen LogP contribution in [0.25, 0.3) is 0 Å². The SMILES string of the molecule is CC(C)CC1(C(=O)NCC(F)(F)CN)CCCC1.Cl. The van der Waals surface area contributed by atoms with Gasteiger partial charge < -0.3 is 11.1 Å². The second kappa shape index (κ2) is 7.39. The number of nitrogens with one attached hydrogen (secondary N) is 1.